The van der Waals surface area contributed by atoms with E-state index in [4.69, 9.17) is 0 Å². The number of aryl methyl sites for hydroxylation is 1. The van der Waals surface area contributed by atoms with Crippen LogP contribution in [0.4, 0.5) is 5.69 Å². The maximum absolute atomic E-state index is 4.32. The van der Waals surface area contributed by atoms with Crippen molar-refractivity contribution in [2.45, 2.75) is 20.0 Å². The fraction of sp³-hybridized carbons (Fsp3) is 0.200. The molecule has 0 fully saturated rings. The molecule has 4 heteroatoms. The third kappa shape index (κ3) is 2.42. The van der Waals surface area contributed by atoms with Gasteiger partial charge in [0.1, 0.15) is 0 Å². The average molecular weight is 252 g/mol. The number of pyridine rings is 1. The van der Waals surface area contributed by atoms with E-state index in [0.29, 0.717) is 0 Å². The van der Waals surface area contributed by atoms with Gasteiger partial charge >= 0.3 is 0 Å². The van der Waals surface area contributed by atoms with Gasteiger partial charge in [-0.25, -0.2) is 4.98 Å². The maximum atomic E-state index is 4.32. The number of hydrogen-bond acceptors (Lipinski definition) is 3. The van der Waals surface area contributed by atoms with Gasteiger partial charge in [0, 0.05) is 30.0 Å². The summed E-state index contributed by atoms with van der Waals surface area (Å²) in [6.45, 7) is 3.84. The molecule has 2 aromatic heterocycles. The zero-order valence-electron chi connectivity index (χ0n) is 10.9. The molecule has 0 amide bonds. The Balaban J connectivity index is 1.78. The topological polar surface area (TPSA) is 42.7 Å². The summed E-state index contributed by atoms with van der Waals surface area (Å²) in [5, 5.41) is 4.57. The van der Waals surface area contributed by atoms with Crippen molar-refractivity contribution in [2.24, 2.45) is 0 Å². The summed E-state index contributed by atoms with van der Waals surface area (Å²) in [4.78, 5) is 8.49. The summed E-state index contributed by atoms with van der Waals surface area (Å²) in [6, 6.07) is 10.2. The van der Waals surface area contributed by atoms with Crippen molar-refractivity contribution in [1.82, 2.24) is 14.5 Å². The van der Waals surface area contributed by atoms with Gasteiger partial charge < -0.3 is 9.88 Å². The summed E-state index contributed by atoms with van der Waals surface area (Å²) >= 11 is 0. The first-order chi connectivity index (χ1) is 9.36. The smallest absolute Gasteiger partial charge is 0.0948 e. The van der Waals surface area contributed by atoms with Gasteiger partial charge in [-0.2, -0.15) is 0 Å². The maximum Gasteiger partial charge on any atom is 0.0948 e. The Labute approximate surface area is 112 Å². The molecule has 0 aliphatic carbocycles. The molecule has 3 rings (SSSR count). The molecular formula is C15H16N4. The second kappa shape index (κ2) is 5.10. The fourth-order valence-corrected chi connectivity index (χ4v) is 2.16. The lowest BCUT2D eigenvalue weighted by atomic mass is 10.2. The standard InChI is InChI=1S/C15H16N4/c1-2-19-11-16-9-14(19)10-18-13-5-6-15-12(8-13)4-3-7-17-15/h3-9,11,18H,2,10H2,1H3. The van der Waals surface area contributed by atoms with Crippen LogP contribution in [0.3, 0.4) is 0 Å². The summed E-state index contributed by atoms with van der Waals surface area (Å²) < 4.78 is 2.13. The number of rotatable bonds is 4. The average Bonchev–Trinajstić information content (AvgIpc) is 2.92. The highest BCUT2D eigenvalue weighted by Gasteiger charge is 2.01. The van der Waals surface area contributed by atoms with Crippen molar-refractivity contribution < 1.29 is 0 Å². The first-order valence-electron chi connectivity index (χ1n) is 6.44. The van der Waals surface area contributed by atoms with Gasteiger partial charge in [-0.1, -0.05) is 6.07 Å². The van der Waals surface area contributed by atoms with Crippen LogP contribution >= 0.6 is 0 Å². The molecule has 96 valence electrons. The lowest BCUT2D eigenvalue weighted by Crippen LogP contribution is -2.05. The van der Waals surface area contributed by atoms with Crippen LogP contribution < -0.4 is 5.32 Å². The zero-order valence-corrected chi connectivity index (χ0v) is 10.9. The number of imidazole rings is 1. The van der Waals surface area contributed by atoms with Crippen molar-refractivity contribution in [2.75, 3.05) is 5.32 Å². The van der Waals surface area contributed by atoms with Crippen LogP contribution in [0.25, 0.3) is 10.9 Å². The predicted molar refractivity (Wildman–Crippen MR) is 77.0 cm³/mol. The summed E-state index contributed by atoms with van der Waals surface area (Å²) in [5.41, 5.74) is 3.31. The van der Waals surface area contributed by atoms with E-state index in [1.807, 2.05) is 30.9 Å². The van der Waals surface area contributed by atoms with Crippen LogP contribution in [0.1, 0.15) is 12.6 Å². The van der Waals surface area contributed by atoms with Gasteiger partial charge in [0.25, 0.3) is 0 Å². The fourth-order valence-electron chi connectivity index (χ4n) is 2.16. The van der Waals surface area contributed by atoms with Crippen LogP contribution in [0.2, 0.25) is 0 Å². The van der Waals surface area contributed by atoms with E-state index in [0.717, 1.165) is 29.7 Å². The number of nitrogens with one attached hydrogen (secondary N) is 1. The van der Waals surface area contributed by atoms with Gasteiger partial charge in [-0.3, -0.25) is 4.98 Å². The van der Waals surface area contributed by atoms with E-state index < -0.39 is 0 Å². The van der Waals surface area contributed by atoms with Gasteiger partial charge in [0.15, 0.2) is 0 Å². The molecule has 0 saturated heterocycles. The third-order valence-corrected chi connectivity index (χ3v) is 3.22. The number of benzene rings is 1. The Kier molecular flexibility index (Phi) is 3.14. The highest BCUT2D eigenvalue weighted by Crippen LogP contribution is 2.17. The van der Waals surface area contributed by atoms with Crippen LogP contribution in [-0.2, 0) is 13.1 Å². The molecule has 0 aliphatic rings. The Hall–Kier alpha value is -2.36. The Morgan fingerprint density at radius 2 is 2.21 bits per heavy atom. The Morgan fingerprint density at radius 3 is 3.11 bits per heavy atom. The molecule has 0 spiro atoms. The lowest BCUT2D eigenvalue weighted by molar-refractivity contribution is 0.719. The molecule has 4 nitrogen and oxygen atoms in total. The van der Waals surface area contributed by atoms with Crippen molar-refractivity contribution in [3.05, 3.63) is 54.7 Å². The molecule has 0 unspecified atom stereocenters. The van der Waals surface area contributed by atoms with Crippen molar-refractivity contribution in [1.29, 1.82) is 0 Å². The predicted octanol–water partition coefficient (Wildman–Crippen LogP) is 3.06. The van der Waals surface area contributed by atoms with Gasteiger partial charge in [0.2, 0.25) is 0 Å². The molecule has 19 heavy (non-hydrogen) atoms. The minimum atomic E-state index is 0.777. The normalized spacial score (nSPS) is 10.8. The Morgan fingerprint density at radius 1 is 1.26 bits per heavy atom. The molecule has 0 radical (unpaired) electrons. The minimum absolute atomic E-state index is 0.777. The van der Waals surface area contributed by atoms with Crippen molar-refractivity contribution in [3.8, 4) is 0 Å². The van der Waals surface area contributed by atoms with Crippen LogP contribution in [0.5, 0.6) is 0 Å². The van der Waals surface area contributed by atoms with E-state index in [1.165, 1.54) is 5.69 Å². The zero-order chi connectivity index (χ0) is 13.1. The number of anilines is 1. The number of aromatic nitrogens is 3. The van der Waals surface area contributed by atoms with Crippen LogP contribution in [0.15, 0.2) is 49.1 Å². The van der Waals surface area contributed by atoms with Gasteiger partial charge in [-0.05, 0) is 31.2 Å². The highest BCUT2D eigenvalue weighted by atomic mass is 15.1. The van der Waals surface area contributed by atoms with Crippen molar-refractivity contribution in [3.63, 3.8) is 0 Å². The largest absolute Gasteiger partial charge is 0.379 e. The number of nitrogens with zero attached hydrogens (tertiary/aromatic N) is 3. The molecule has 0 saturated carbocycles. The molecule has 0 bridgehead atoms. The highest BCUT2D eigenvalue weighted by molar-refractivity contribution is 5.82. The molecule has 1 N–H and O–H groups in total. The van der Waals surface area contributed by atoms with E-state index in [1.54, 1.807) is 0 Å². The molecule has 1 aromatic carbocycles. The minimum Gasteiger partial charge on any atom is -0.379 e. The van der Waals surface area contributed by atoms with E-state index in [9.17, 15) is 0 Å². The van der Waals surface area contributed by atoms with Gasteiger partial charge in [-0.15, -0.1) is 0 Å². The molecule has 3 aromatic rings. The molecule has 0 atom stereocenters. The summed E-state index contributed by atoms with van der Waals surface area (Å²) in [5.74, 6) is 0. The Bertz CT molecular complexity index is 687. The van der Waals surface area contributed by atoms with Gasteiger partial charge in [0.05, 0.1) is 24.1 Å². The lowest BCUT2D eigenvalue weighted by Gasteiger charge is -2.09. The number of fused-ring (bicyclic) bond motifs is 1. The second-order valence-corrected chi connectivity index (χ2v) is 4.44. The monoisotopic (exact) mass is 252 g/mol. The molecule has 0 aliphatic heterocycles. The first kappa shape index (κ1) is 11.7. The quantitative estimate of drug-likeness (QED) is 0.776. The van der Waals surface area contributed by atoms with E-state index >= 15 is 0 Å². The molecule has 2 heterocycles. The molecular weight excluding hydrogens is 236 g/mol. The van der Waals surface area contributed by atoms with E-state index in [-0.39, 0.29) is 0 Å². The summed E-state index contributed by atoms with van der Waals surface area (Å²) in [6.07, 6.45) is 5.58. The van der Waals surface area contributed by atoms with Crippen molar-refractivity contribution >= 4 is 16.6 Å². The number of hydrogen-bond donors (Lipinski definition) is 1. The van der Waals surface area contributed by atoms with Crippen LogP contribution in [-0.4, -0.2) is 14.5 Å². The second-order valence-electron chi connectivity index (χ2n) is 4.44. The van der Waals surface area contributed by atoms with Crippen LogP contribution in [0, 0.1) is 0 Å². The summed E-state index contributed by atoms with van der Waals surface area (Å²) in [7, 11) is 0. The SMILES string of the molecule is CCn1cncc1CNc1ccc2ncccc2c1. The van der Waals surface area contributed by atoms with E-state index in [2.05, 4.69) is 45.0 Å². The first-order valence-corrected chi connectivity index (χ1v) is 6.44. The third-order valence-electron chi connectivity index (χ3n) is 3.22.